The minimum atomic E-state index is -0.267. The number of hydrogen-bond donors (Lipinski definition) is 0. The highest BCUT2D eigenvalue weighted by Crippen LogP contribution is 2.36. The summed E-state index contributed by atoms with van der Waals surface area (Å²) in [6.45, 7) is 10.1. The number of carbonyl (C=O) groups is 1. The van der Waals surface area contributed by atoms with E-state index in [4.69, 9.17) is 12.2 Å². The number of amides is 1. The predicted molar refractivity (Wildman–Crippen MR) is 161 cm³/mol. The van der Waals surface area contributed by atoms with Gasteiger partial charge in [-0.1, -0.05) is 68.9 Å². The van der Waals surface area contributed by atoms with Gasteiger partial charge in [-0.3, -0.25) is 19.1 Å². The molecule has 7 nitrogen and oxygen atoms in total. The Kier molecular flexibility index (Phi) is 9.29. The Bertz CT molecular complexity index is 1320. The number of thiocarbonyl (C=S) groups is 1. The fourth-order valence-electron chi connectivity index (χ4n) is 5.07. The summed E-state index contributed by atoms with van der Waals surface area (Å²) in [6.07, 6.45) is 5.64. The normalized spacial score (nSPS) is 17.0. The number of anilines is 2. The summed E-state index contributed by atoms with van der Waals surface area (Å²) < 4.78 is 2.30. The lowest BCUT2D eigenvalue weighted by Crippen LogP contribution is -2.48. The van der Waals surface area contributed by atoms with E-state index in [9.17, 15) is 14.9 Å². The van der Waals surface area contributed by atoms with Crippen molar-refractivity contribution in [2.24, 2.45) is 0 Å². The Balaban J connectivity index is 1.75. The summed E-state index contributed by atoms with van der Waals surface area (Å²) in [5.74, 6) is 0.694. The van der Waals surface area contributed by atoms with E-state index in [2.05, 4.69) is 34.9 Å². The summed E-state index contributed by atoms with van der Waals surface area (Å²) >= 11 is 6.86. The Labute approximate surface area is 234 Å². The van der Waals surface area contributed by atoms with Crippen molar-refractivity contribution in [1.29, 1.82) is 5.26 Å². The largest absolute Gasteiger partial charge is 0.368 e. The molecule has 200 valence electrons. The van der Waals surface area contributed by atoms with Crippen molar-refractivity contribution in [3.8, 4) is 6.07 Å². The molecule has 1 aromatic carbocycles. The average Bonchev–Trinajstić information content (AvgIpc) is 3.20. The highest BCUT2D eigenvalue weighted by atomic mass is 32.2. The zero-order chi connectivity index (χ0) is 27.2. The Morgan fingerprint density at radius 2 is 1.68 bits per heavy atom. The van der Waals surface area contributed by atoms with Gasteiger partial charge in [0, 0.05) is 50.5 Å². The molecule has 2 aromatic rings. The molecule has 0 bridgehead atoms. The first-order chi connectivity index (χ1) is 18.4. The summed E-state index contributed by atoms with van der Waals surface area (Å²) in [5, 5.41) is 9.89. The second-order valence-electron chi connectivity index (χ2n) is 9.66. The molecule has 2 fully saturated rings. The lowest BCUT2D eigenvalue weighted by atomic mass is 10.0. The molecule has 0 saturated carbocycles. The van der Waals surface area contributed by atoms with E-state index in [0.29, 0.717) is 27.9 Å². The first-order valence-electron chi connectivity index (χ1n) is 13.4. The number of rotatable bonds is 9. The molecule has 2 saturated heterocycles. The summed E-state index contributed by atoms with van der Waals surface area (Å²) in [5.41, 5.74) is 2.42. The number of pyridine rings is 1. The summed E-state index contributed by atoms with van der Waals surface area (Å²) in [6, 6.07) is 12.5. The van der Waals surface area contributed by atoms with E-state index in [1.807, 2.05) is 38.1 Å². The maximum absolute atomic E-state index is 13.4. The van der Waals surface area contributed by atoms with E-state index >= 15 is 0 Å². The van der Waals surface area contributed by atoms with E-state index in [-0.39, 0.29) is 17.0 Å². The smallest absolute Gasteiger partial charge is 0.270 e. The topological polar surface area (TPSA) is 72.6 Å². The molecule has 2 aliphatic heterocycles. The second-order valence-corrected chi connectivity index (χ2v) is 11.3. The van der Waals surface area contributed by atoms with Crippen LogP contribution in [0.5, 0.6) is 0 Å². The van der Waals surface area contributed by atoms with Gasteiger partial charge in [0.15, 0.2) is 0 Å². The van der Waals surface area contributed by atoms with Crippen molar-refractivity contribution in [2.45, 2.75) is 53.0 Å². The molecule has 0 N–H and O–H groups in total. The van der Waals surface area contributed by atoms with Gasteiger partial charge in [-0.25, -0.2) is 0 Å². The number of unbranched alkanes of at least 4 members (excludes halogenated alkanes) is 2. The van der Waals surface area contributed by atoms with Crippen LogP contribution in [0, 0.1) is 18.3 Å². The lowest BCUT2D eigenvalue weighted by molar-refractivity contribution is -0.122. The maximum atomic E-state index is 13.4. The highest BCUT2D eigenvalue weighted by molar-refractivity contribution is 8.26. The number of thioether (sulfide) groups is 1. The van der Waals surface area contributed by atoms with Crippen molar-refractivity contribution in [2.75, 3.05) is 42.5 Å². The van der Waals surface area contributed by atoms with Crippen LogP contribution in [-0.2, 0) is 11.3 Å². The van der Waals surface area contributed by atoms with E-state index in [0.717, 1.165) is 63.2 Å². The van der Waals surface area contributed by atoms with Crippen molar-refractivity contribution < 1.29 is 4.79 Å². The minimum Gasteiger partial charge on any atom is -0.368 e. The van der Waals surface area contributed by atoms with Gasteiger partial charge in [0.25, 0.3) is 11.5 Å². The summed E-state index contributed by atoms with van der Waals surface area (Å²) in [4.78, 5) is 33.6. The third kappa shape index (κ3) is 5.67. The molecule has 9 heteroatoms. The summed E-state index contributed by atoms with van der Waals surface area (Å²) in [7, 11) is 0. The molecular weight excluding hydrogens is 514 g/mol. The number of nitrogens with zero attached hydrogens (tertiary/aromatic N) is 5. The molecule has 38 heavy (non-hydrogen) atoms. The molecule has 0 atom stereocenters. The number of para-hydroxylation sites is 1. The molecule has 0 radical (unpaired) electrons. The van der Waals surface area contributed by atoms with Crippen LogP contribution < -0.4 is 15.4 Å². The zero-order valence-corrected chi connectivity index (χ0v) is 24.0. The molecule has 1 aromatic heterocycles. The van der Waals surface area contributed by atoms with Crippen molar-refractivity contribution >= 4 is 51.8 Å². The van der Waals surface area contributed by atoms with Crippen LogP contribution in [0.3, 0.4) is 0 Å². The quantitative estimate of drug-likeness (QED) is 0.243. The monoisotopic (exact) mass is 549 g/mol. The number of benzene rings is 1. The number of carbonyl (C=O) groups excluding carboxylic acids is 1. The van der Waals surface area contributed by atoms with Crippen LogP contribution in [0.1, 0.15) is 56.2 Å². The average molecular weight is 550 g/mol. The Morgan fingerprint density at radius 1 is 1.00 bits per heavy atom. The predicted octanol–water partition coefficient (Wildman–Crippen LogP) is 5.16. The van der Waals surface area contributed by atoms with Gasteiger partial charge >= 0.3 is 0 Å². The van der Waals surface area contributed by atoms with Gasteiger partial charge in [-0.05, 0) is 43.5 Å². The van der Waals surface area contributed by atoms with E-state index < -0.39 is 0 Å². The molecular formula is C29H35N5O2S2. The SMILES string of the molecule is CCCCCN1C(=O)/C(=C/c2c(C)c(C#N)c(=O)n(CCC)c2N2CCN(c3ccccc3)CC2)SC1=S. The number of nitriles is 1. The zero-order valence-electron chi connectivity index (χ0n) is 22.4. The second kappa shape index (κ2) is 12.6. The van der Waals surface area contributed by atoms with Crippen LogP contribution in [0.15, 0.2) is 40.0 Å². The third-order valence-corrected chi connectivity index (χ3v) is 8.51. The van der Waals surface area contributed by atoms with E-state index in [1.54, 1.807) is 9.47 Å². The van der Waals surface area contributed by atoms with Crippen LogP contribution in [0.4, 0.5) is 11.5 Å². The van der Waals surface area contributed by atoms with Gasteiger partial charge in [0.2, 0.25) is 0 Å². The molecule has 1 amide bonds. The van der Waals surface area contributed by atoms with Crippen LogP contribution in [0.25, 0.3) is 6.08 Å². The molecule has 4 rings (SSSR count). The molecule has 0 aliphatic carbocycles. The van der Waals surface area contributed by atoms with Gasteiger partial charge in [0.1, 0.15) is 21.8 Å². The first-order valence-corrected chi connectivity index (χ1v) is 14.6. The van der Waals surface area contributed by atoms with Gasteiger partial charge in [-0.15, -0.1) is 0 Å². The standard InChI is InChI=1S/C29H35N5O2S2/c1-4-6-10-14-34-28(36)25(38-29(34)37)19-23-21(3)24(20-30)27(35)33(13-5-2)26(23)32-17-15-31(16-18-32)22-11-8-7-9-12-22/h7-9,11-12,19H,4-6,10,13-18H2,1-3H3/b25-19-. The molecule has 3 heterocycles. The number of piperazine rings is 1. The van der Waals surface area contributed by atoms with Crippen LogP contribution >= 0.6 is 24.0 Å². The van der Waals surface area contributed by atoms with Crippen LogP contribution in [-0.4, -0.2) is 52.4 Å². The van der Waals surface area contributed by atoms with Gasteiger partial charge in [0.05, 0.1) is 4.91 Å². The maximum Gasteiger partial charge on any atom is 0.270 e. The fourth-order valence-corrected chi connectivity index (χ4v) is 6.37. The molecule has 2 aliphatic rings. The van der Waals surface area contributed by atoms with Crippen molar-refractivity contribution in [3.63, 3.8) is 0 Å². The van der Waals surface area contributed by atoms with Crippen molar-refractivity contribution in [1.82, 2.24) is 9.47 Å². The Hall–Kier alpha value is -3.09. The fraction of sp³-hybridized carbons (Fsp3) is 0.448. The molecule has 0 spiro atoms. The van der Waals surface area contributed by atoms with Gasteiger partial charge < -0.3 is 9.80 Å². The first kappa shape index (κ1) is 27.9. The van der Waals surface area contributed by atoms with Gasteiger partial charge in [-0.2, -0.15) is 5.26 Å². The number of hydrogen-bond acceptors (Lipinski definition) is 7. The Morgan fingerprint density at radius 3 is 2.32 bits per heavy atom. The minimum absolute atomic E-state index is 0.0953. The van der Waals surface area contributed by atoms with Crippen LogP contribution in [0.2, 0.25) is 0 Å². The molecule has 0 unspecified atom stereocenters. The lowest BCUT2D eigenvalue weighted by Gasteiger charge is -2.39. The van der Waals surface area contributed by atoms with E-state index in [1.165, 1.54) is 17.4 Å². The number of aromatic nitrogens is 1. The highest BCUT2D eigenvalue weighted by Gasteiger charge is 2.33. The van der Waals surface area contributed by atoms with Crippen molar-refractivity contribution in [3.05, 3.63) is 62.3 Å². The third-order valence-electron chi connectivity index (χ3n) is 7.13.